The molecule has 1 heterocycles. The maximum atomic E-state index is 12.8. The molecule has 7 heteroatoms. The van der Waals surface area contributed by atoms with Gasteiger partial charge >= 0.3 is 0 Å². The Bertz CT molecular complexity index is 951. The number of carbonyl (C=O) groups is 1. The minimum Gasteiger partial charge on any atom is -0.351 e. The van der Waals surface area contributed by atoms with E-state index in [-0.39, 0.29) is 10.8 Å². The first kappa shape index (κ1) is 21.9. The monoisotopic (exact) mass is 432 g/mol. The first-order valence-electron chi connectivity index (χ1n) is 9.90. The average molecular weight is 433 g/mol. The normalized spacial score (nSPS) is 14.8. The van der Waals surface area contributed by atoms with Gasteiger partial charge in [-0.2, -0.15) is 16.1 Å². The number of carbonyl (C=O) groups excluding carboxylic acids is 1. The van der Waals surface area contributed by atoms with Crippen molar-refractivity contribution in [3.05, 3.63) is 64.7 Å². The molecule has 0 spiro atoms. The smallest absolute Gasteiger partial charge is 0.251 e. The lowest BCUT2D eigenvalue weighted by Crippen LogP contribution is -2.29. The molecule has 2 aromatic carbocycles. The van der Waals surface area contributed by atoms with Crippen LogP contribution in [0.15, 0.2) is 47.4 Å². The first-order chi connectivity index (χ1) is 13.9. The highest BCUT2D eigenvalue weighted by molar-refractivity contribution is 7.98. The quantitative estimate of drug-likeness (QED) is 0.645. The lowest BCUT2D eigenvalue weighted by Gasteiger charge is -2.17. The highest BCUT2D eigenvalue weighted by Crippen LogP contribution is 2.23. The molecule has 0 atom stereocenters. The van der Waals surface area contributed by atoms with Gasteiger partial charge in [-0.05, 0) is 49.9 Å². The van der Waals surface area contributed by atoms with Gasteiger partial charge in [0.15, 0.2) is 0 Å². The predicted molar refractivity (Wildman–Crippen MR) is 119 cm³/mol. The number of amides is 1. The molecule has 5 nitrogen and oxygen atoms in total. The van der Waals surface area contributed by atoms with Crippen molar-refractivity contribution in [3.8, 4) is 0 Å². The molecular formula is C22H28N2O3S2. The number of benzene rings is 2. The lowest BCUT2D eigenvalue weighted by atomic mass is 10.1. The van der Waals surface area contributed by atoms with E-state index in [1.54, 1.807) is 23.9 Å². The Balaban J connectivity index is 1.55. The molecule has 156 valence electrons. The molecule has 1 saturated heterocycles. The molecule has 1 aliphatic rings. The van der Waals surface area contributed by atoms with E-state index in [9.17, 15) is 13.2 Å². The van der Waals surface area contributed by atoms with E-state index in [1.165, 1.54) is 21.5 Å². The first-order valence-corrected chi connectivity index (χ1v) is 12.5. The van der Waals surface area contributed by atoms with Crippen molar-refractivity contribution in [1.29, 1.82) is 0 Å². The topological polar surface area (TPSA) is 66.5 Å². The van der Waals surface area contributed by atoms with Gasteiger partial charge in [0.05, 0.1) is 4.90 Å². The van der Waals surface area contributed by atoms with Gasteiger partial charge in [-0.15, -0.1) is 0 Å². The number of nitrogens with one attached hydrogen (secondary N) is 1. The molecule has 0 aromatic heterocycles. The van der Waals surface area contributed by atoms with Crippen LogP contribution in [0, 0.1) is 13.8 Å². The Hall–Kier alpha value is -1.83. The number of sulfonamides is 1. The van der Waals surface area contributed by atoms with Gasteiger partial charge in [0.2, 0.25) is 10.0 Å². The van der Waals surface area contributed by atoms with Crippen molar-refractivity contribution in [1.82, 2.24) is 9.62 Å². The summed E-state index contributed by atoms with van der Waals surface area (Å²) < 4.78 is 27.0. The summed E-state index contributed by atoms with van der Waals surface area (Å²) in [5.41, 5.74) is 3.71. The van der Waals surface area contributed by atoms with Gasteiger partial charge < -0.3 is 5.32 Å². The van der Waals surface area contributed by atoms with Crippen molar-refractivity contribution in [2.24, 2.45) is 0 Å². The third-order valence-electron chi connectivity index (χ3n) is 5.08. The van der Waals surface area contributed by atoms with E-state index in [0.29, 0.717) is 25.2 Å². The minimum atomic E-state index is -3.53. The molecule has 1 amide bonds. The predicted octanol–water partition coefficient (Wildman–Crippen LogP) is 3.75. The lowest BCUT2D eigenvalue weighted by molar-refractivity contribution is 0.0955. The van der Waals surface area contributed by atoms with Crippen LogP contribution in [0.3, 0.4) is 0 Å². The van der Waals surface area contributed by atoms with E-state index in [2.05, 4.69) is 36.5 Å². The maximum absolute atomic E-state index is 12.8. The second-order valence-corrected chi connectivity index (χ2v) is 10.4. The van der Waals surface area contributed by atoms with Gasteiger partial charge in [0.25, 0.3) is 5.91 Å². The van der Waals surface area contributed by atoms with E-state index in [4.69, 9.17) is 0 Å². The largest absolute Gasteiger partial charge is 0.351 e. The van der Waals surface area contributed by atoms with Gasteiger partial charge in [-0.3, -0.25) is 4.79 Å². The Labute approximate surface area is 177 Å². The minimum absolute atomic E-state index is 0.198. The van der Waals surface area contributed by atoms with Crippen LogP contribution in [-0.2, 0) is 15.8 Å². The summed E-state index contributed by atoms with van der Waals surface area (Å²) in [4.78, 5) is 12.8. The van der Waals surface area contributed by atoms with Crippen molar-refractivity contribution < 1.29 is 13.2 Å². The van der Waals surface area contributed by atoms with Gasteiger partial charge in [-0.1, -0.05) is 35.9 Å². The molecule has 0 radical (unpaired) electrons. The average Bonchev–Trinajstić information content (AvgIpc) is 3.25. The molecule has 29 heavy (non-hydrogen) atoms. The number of hydrogen-bond acceptors (Lipinski definition) is 4. The fourth-order valence-electron chi connectivity index (χ4n) is 3.29. The molecule has 0 saturated carbocycles. The van der Waals surface area contributed by atoms with E-state index in [1.807, 2.05) is 6.92 Å². The zero-order chi connectivity index (χ0) is 20.9. The van der Waals surface area contributed by atoms with E-state index >= 15 is 0 Å². The van der Waals surface area contributed by atoms with Gasteiger partial charge in [0.1, 0.15) is 0 Å². The fraction of sp³-hybridized carbons (Fsp3) is 0.409. The molecule has 0 aliphatic carbocycles. The Morgan fingerprint density at radius 2 is 1.76 bits per heavy atom. The van der Waals surface area contributed by atoms with Crippen LogP contribution in [-0.4, -0.2) is 44.0 Å². The number of rotatable bonds is 8. The second kappa shape index (κ2) is 9.78. The van der Waals surface area contributed by atoms with Crippen LogP contribution in [0.25, 0.3) is 0 Å². The summed E-state index contributed by atoms with van der Waals surface area (Å²) in [5.74, 6) is 1.47. The Morgan fingerprint density at radius 3 is 2.45 bits per heavy atom. The standard InChI is InChI=1S/C22H28N2O3S2/c1-17-5-8-19(9-6-17)16-28-14-11-23-22(25)21-15-20(10-7-18(21)2)29(26,27)24-12-3-4-13-24/h5-10,15H,3-4,11-14,16H2,1-2H3,(H,23,25). The highest BCUT2D eigenvalue weighted by Gasteiger charge is 2.28. The molecule has 1 fully saturated rings. The van der Waals surface area contributed by atoms with Crippen LogP contribution in [0.5, 0.6) is 0 Å². The third kappa shape index (κ3) is 5.62. The molecule has 1 aliphatic heterocycles. The molecule has 3 rings (SSSR count). The maximum Gasteiger partial charge on any atom is 0.251 e. The molecular weight excluding hydrogens is 404 g/mol. The van der Waals surface area contributed by atoms with Crippen LogP contribution < -0.4 is 5.32 Å². The van der Waals surface area contributed by atoms with Crippen LogP contribution >= 0.6 is 11.8 Å². The number of thioether (sulfide) groups is 1. The fourth-order valence-corrected chi connectivity index (χ4v) is 5.65. The SMILES string of the molecule is Cc1ccc(CSCCNC(=O)c2cc(S(=O)(=O)N3CCCC3)ccc2C)cc1. The second-order valence-electron chi connectivity index (χ2n) is 7.38. The molecule has 0 unspecified atom stereocenters. The summed E-state index contributed by atoms with van der Waals surface area (Å²) in [5, 5.41) is 2.92. The number of aryl methyl sites for hydroxylation is 2. The summed E-state index contributed by atoms with van der Waals surface area (Å²) >= 11 is 1.76. The van der Waals surface area contributed by atoms with Crippen LogP contribution in [0.1, 0.15) is 39.9 Å². The Kier molecular flexibility index (Phi) is 7.38. The highest BCUT2D eigenvalue weighted by atomic mass is 32.2. The van der Waals surface area contributed by atoms with Gasteiger partial charge in [0, 0.05) is 36.7 Å². The molecule has 0 bridgehead atoms. The summed E-state index contributed by atoms with van der Waals surface area (Å²) in [6.45, 7) is 5.54. The van der Waals surface area contributed by atoms with E-state index < -0.39 is 10.0 Å². The van der Waals surface area contributed by atoms with Crippen molar-refractivity contribution in [3.63, 3.8) is 0 Å². The number of nitrogens with zero attached hydrogens (tertiary/aromatic N) is 1. The molecule has 2 aromatic rings. The summed E-state index contributed by atoms with van der Waals surface area (Å²) in [6.07, 6.45) is 1.78. The van der Waals surface area contributed by atoms with Crippen LogP contribution in [0.2, 0.25) is 0 Å². The Morgan fingerprint density at radius 1 is 1.07 bits per heavy atom. The summed E-state index contributed by atoms with van der Waals surface area (Å²) in [7, 11) is -3.53. The zero-order valence-corrected chi connectivity index (χ0v) is 18.6. The van der Waals surface area contributed by atoms with Crippen molar-refractivity contribution in [2.45, 2.75) is 37.3 Å². The van der Waals surface area contributed by atoms with E-state index in [0.717, 1.165) is 29.9 Å². The summed E-state index contributed by atoms with van der Waals surface area (Å²) in [6, 6.07) is 13.3. The van der Waals surface area contributed by atoms with Crippen molar-refractivity contribution >= 4 is 27.7 Å². The third-order valence-corrected chi connectivity index (χ3v) is 8.00. The van der Waals surface area contributed by atoms with Gasteiger partial charge in [-0.25, -0.2) is 8.42 Å². The molecule has 1 N–H and O–H groups in total. The van der Waals surface area contributed by atoms with Crippen LogP contribution in [0.4, 0.5) is 0 Å². The zero-order valence-electron chi connectivity index (χ0n) is 17.0. The van der Waals surface area contributed by atoms with Crippen molar-refractivity contribution in [2.75, 3.05) is 25.4 Å². The number of hydrogen-bond donors (Lipinski definition) is 1.